The van der Waals surface area contributed by atoms with Crippen molar-refractivity contribution in [2.45, 2.75) is 6.92 Å². The molecule has 2 aliphatic heterocycles. The van der Waals surface area contributed by atoms with E-state index >= 15 is 0 Å². The van der Waals surface area contributed by atoms with E-state index in [1.165, 1.54) is 5.69 Å². The van der Waals surface area contributed by atoms with Gasteiger partial charge in [0.25, 0.3) is 0 Å². The zero-order chi connectivity index (χ0) is 10.3. The Bertz CT molecular complexity index is 392. The fourth-order valence-corrected chi connectivity index (χ4v) is 2.11. The highest BCUT2D eigenvalue weighted by Crippen LogP contribution is 2.42. The number of ether oxygens (including phenoxy) is 2. The van der Waals surface area contributed by atoms with Crippen LogP contribution in [0.1, 0.15) is 6.92 Å². The summed E-state index contributed by atoms with van der Waals surface area (Å²) < 4.78 is 10.7. The molecule has 0 saturated carbocycles. The molecule has 0 aromatic heterocycles. The maximum Gasteiger partial charge on any atom is 0.231 e. The summed E-state index contributed by atoms with van der Waals surface area (Å²) in [5.41, 5.74) is 2.36. The number of hydrogen-bond donors (Lipinski definition) is 1. The third-order valence-corrected chi connectivity index (χ3v) is 2.91. The van der Waals surface area contributed by atoms with Gasteiger partial charge < -0.3 is 19.7 Å². The number of likely N-dealkylation sites (N-methyl/N-ethyl adjacent to an activating group) is 1. The molecule has 2 heterocycles. The average molecular weight is 206 g/mol. The van der Waals surface area contributed by atoms with Crippen molar-refractivity contribution in [2.24, 2.45) is 0 Å². The second-order valence-electron chi connectivity index (χ2n) is 3.73. The molecule has 0 radical (unpaired) electrons. The van der Waals surface area contributed by atoms with Crippen molar-refractivity contribution in [3.05, 3.63) is 12.1 Å². The first-order chi connectivity index (χ1) is 7.38. The molecule has 80 valence electrons. The van der Waals surface area contributed by atoms with Crippen LogP contribution in [0.15, 0.2) is 12.1 Å². The molecule has 4 nitrogen and oxygen atoms in total. The number of nitrogens with zero attached hydrogens (tertiary/aromatic N) is 1. The molecule has 1 aromatic carbocycles. The van der Waals surface area contributed by atoms with Crippen LogP contribution in [-0.2, 0) is 0 Å². The second-order valence-corrected chi connectivity index (χ2v) is 3.73. The van der Waals surface area contributed by atoms with Gasteiger partial charge in [0.05, 0.1) is 11.4 Å². The van der Waals surface area contributed by atoms with Crippen LogP contribution in [0, 0.1) is 0 Å². The Balaban J connectivity index is 2.08. The van der Waals surface area contributed by atoms with E-state index in [0.29, 0.717) is 6.79 Å². The van der Waals surface area contributed by atoms with Crippen LogP contribution in [0.4, 0.5) is 11.4 Å². The van der Waals surface area contributed by atoms with Gasteiger partial charge in [0.2, 0.25) is 6.79 Å². The lowest BCUT2D eigenvalue weighted by atomic mass is 10.1. The molecular weight excluding hydrogens is 192 g/mol. The highest BCUT2D eigenvalue weighted by molar-refractivity contribution is 5.77. The van der Waals surface area contributed by atoms with E-state index in [-0.39, 0.29) is 0 Å². The van der Waals surface area contributed by atoms with Gasteiger partial charge in [-0.1, -0.05) is 0 Å². The number of benzene rings is 1. The number of anilines is 2. The second kappa shape index (κ2) is 3.22. The van der Waals surface area contributed by atoms with E-state index < -0.39 is 0 Å². The van der Waals surface area contributed by atoms with Gasteiger partial charge in [-0.3, -0.25) is 0 Å². The minimum Gasteiger partial charge on any atom is -0.454 e. The largest absolute Gasteiger partial charge is 0.454 e. The fourth-order valence-electron chi connectivity index (χ4n) is 2.11. The van der Waals surface area contributed by atoms with E-state index in [1.807, 2.05) is 6.07 Å². The third kappa shape index (κ3) is 1.28. The van der Waals surface area contributed by atoms with Gasteiger partial charge in [-0.05, 0) is 6.92 Å². The van der Waals surface area contributed by atoms with E-state index in [4.69, 9.17) is 9.47 Å². The molecule has 2 aliphatic rings. The lowest BCUT2D eigenvalue weighted by molar-refractivity contribution is 0.174. The van der Waals surface area contributed by atoms with Crippen molar-refractivity contribution in [3.63, 3.8) is 0 Å². The Kier molecular flexibility index (Phi) is 1.87. The summed E-state index contributed by atoms with van der Waals surface area (Å²) >= 11 is 0. The minimum atomic E-state index is 0.338. The number of nitrogens with one attached hydrogen (secondary N) is 1. The van der Waals surface area contributed by atoms with Crippen molar-refractivity contribution < 1.29 is 9.47 Å². The minimum absolute atomic E-state index is 0.338. The topological polar surface area (TPSA) is 33.7 Å². The third-order valence-electron chi connectivity index (χ3n) is 2.91. The molecule has 1 N–H and O–H groups in total. The summed E-state index contributed by atoms with van der Waals surface area (Å²) in [5.74, 6) is 1.70. The average Bonchev–Trinajstić information content (AvgIpc) is 2.72. The van der Waals surface area contributed by atoms with E-state index in [0.717, 1.165) is 36.8 Å². The first-order valence-corrected chi connectivity index (χ1v) is 5.31. The SMILES string of the molecule is CCN1CCNc2cc3c(cc21)OCO3. The highest BCUT2D eigenvalue weighted by atomic mass is 16.7. The Morgan fingerprint density at radius 1 is 1.33 bits per heavy atom. The van der Waals surface area contributed by atoms with E-state index in [1.54, 1.807) is 0 Å². The zero-order valence-corrected chi connectivity index (χ0v) is 8.75. The quantitative estimate of drug-likeness (QED) is 0.757. The molecule has 0 amide bonds. The normalized spacial score (nSPS) is 17.3. The molecule has 0 bridgehead atoms. The summed E-state index contributed by atoms with van der Waals surface area (Å²) in [5, 5.41) is 3.38. The zero-order valence-electron chi connectivity index (χ0n) is 8.75. The Morgan fingerprint density at radius 3 is 2.93 bits per heavy atom. The van der Waals surface area contributed by atoms with Gasteiger partial charge in [-0.25, -0.2) is 0 Å². The van der Waals surface area contributed by atoms with Crippen LogP contribution in [0.5, 0.6) is 11.5 Å². The van der Waals surface area contributed by atoms with Crippen LogP contribution in [-0.4, -0.2) is 26.4 Å². The molecule has 15 heavy (non-hydrogen) atoms. The Morgan fingerprint density at radius 2 is 2.13 bits per heavy atom. The monoisotopic (exact) mass is 206 g/mol. The summed E-state index contributed by atoms with van der Waals surface area (Å²) in [6.45, 7) is 5.56. The van der Waals surface area contributed by atoms with Gasteiger partial charge in [0.15, 0.2) is 11.5 Å². The van der Waals surface area contributed by atoms with Crippen LogP contribution in [0.2, 0.25) is 0 Å². The molecule has 0 unspecified atom stereocenters. The predicted molar refractivity (Wildman–Crippen MR) is 58.9 cm³/mol. The molecular formula is C11H14N2O2. The molecule has 0 atom stereocenters. The molecule has 0 fully saturated rings. The lowest BCUT2D eigenvalue weighted by Crippen LogP contribution is -2.33. The molecule has 4 heteroatoms. The Hall–Kier alpha value is -1.58. The van der Waals surface area contributed by atoms with Gasteiger partial charge in [0.1, 0.15) is 0 Å². The maximum absolute atomic E-state index is 5.38. The number of rotatable bonds is 1. The predicted octanol–water partition coefficient (Wildman–Crippen LogP) is 1.67. The standard InChI is InChI=1S/C11H14N2O2/c1-2-13-4-3-12-8-5-10-11(6-9(8)13)15-7-14-10/h5-6,12H,2-4,7H2,1H3. The van der Waals surface area contributed by atoms with Gasteiger partial charge in [-0.2, -0.15) is 0 Å². The van der Waals surface area contributed by atoms with Crippen molar-refractivity contribution >= 4 is 11.4 Å². The van der Waals surface area contributed by atoms with Crippen molar-refractivity contribution in [1.82, 2.24) is 0 Å². The summed E-state index contributed by atoms with van der Waals surface area (Å²) in [4.78, 5) is 2.34. The molecule has 3 rings (SSSR count). The molecule has 0 spiro atoms. The van der Waals surface area contributed by atoms with Crippen molar-refractivity contribution in [2.75, 3.05) is 36.6 Å². The Labute approximate surface area is 88.8 Å². The fraction of sp³-hybridized carbons (Fsp3) is 0.455. The highest BCUT2D eigenvalue weighted by Gasteiger charge is 2.21. The van der Waals surface area contributed by atoms with Crippen molar-refractivity contribution in [3.8, 4) is 11.5 Å². The molecule has 0 saturated heterocycles. The van der Waals surface area contributed by atoms with E-state index in [2.05, 4.69) is 23.2 Å². The molecule has 0 aliphatic carbocycles. The maximum atomic E-state index is 5.38. The van der Waals surface area contributed by atoms with Crippen LogP contribution in [0.3, 0.4) is 0 Å². The summed E-state index contributed by atoms with van der Waals surface area (Å²) in [6.07, 6.45) is 0. The number of hydrogen-bond acceptors (Lipinski definition) is 4. The number of fused-ring (bicyclic) bond motifs is 2. The van der Waals surface area contributed by atoms with E-state index in [9.17, 15) is 0 Å². The molecule has 1 aromatic rings. The first-order valence-electron chi connectivity index (χ1n) is 5.31. The van der Waals surface area contributed by atoms with Crippen molar-refractivity contribution in [1.29, 1.82) is 0 Å². The van der Waals surface area contributed by atoms with Gasteiger partial charge in [-0.15, -0.1) is 0 Å². The van der Waals surface area contributed by atoms with Crippen LogP contribution >= 0.6 is 0 Å². The van der Waals surface area contributed by atoms with Crippen LogP contribution < -0.4 is 19.7 Å². The smallest absolute Gasteiger partial charge is 0.231 e. The van der Waals surface area contributed by atoms with Gasteiger partial charge >= 0.3 is 0 Å². The van der Waals surface area contributed by atoms with Gasteiger partial charge in [0, 0.05) is 31.8 Å². The summed E-state index contributed by atoms with van der Waals surface area (Å²) in [6, 6.07) is 4.09. The summed E-state index contributed by atoms with van der Waals surface area (Å²) in [7, 11) is 0. The van der Waals surface area contributed by atoms with Crippen LogP contribution in [0.25, 0.3) is 0 Å². The first kappa shape index (κ1) is 8.71. The lowest BCUT2D eigenvalue weighted by Gasteiger charge is -2.31.